The Morgan fingerprint density at radius 3 is 2.94 bits per heavy atom. The summed E-state index contributed by atoms with van der Waals surface area (Å²) in [6.07, 6.45) is 1.79. The van der Waals surface area contributed by atoms with Crippen LogP contribution in [-0.4, -0.2) is 74.7 Å². The number of hydrogen-bond donors (Lipinski definition) is 2. The molecule has 35 heavy (non-hydrogen) atoms. The van der Waals surface area contributed by atoms with Gasteiger partial charge in [0.25, 0.3) is 0 Å². The van der Waals surface area contributed by atoms with Crippen LogP contribution in [0.15, 0.2) is 23.4 Å². The summed E-state index contributed by atoms with van der Waals surface area (Å²) in [6, 6.07) is 3.12. The fraction of sp³-hybridized carbons (Fsp3) is 0.550. The van der Waals surface area contributed by atoms with Crippen LogP contribution >= 0.6 is 33.9 Å². The molecule has 0 aromatic carbocycles. The van der Waals surface area contributed by atoms with Crippen molar-refractivity contribution in [1.82, 2.24) is 19.6 Å². The lowest BCUT2D eigenvalue weighted by Gasteiger charge is -2.35. The largest absolute Gasteiger partial charge is 0.494 e. The van der Waals surface area contributed by atoms with Crippen molar-refractivity contribution in [1.29, 1.82) is 0 Å². The minimum atomic E-state index is -1.70. The topological polar surface area (TPSA) is 154 Å². The van der Waals surface area contributed by atoms with Crippen molar-refractivity contribution in [3.8, 4) is 5.88 Å². The van der Waals surface area contributed by atoms with Crippen LogP contribution in [0.1, 0.15) is 31.9 Å². The van der Waals surface area contributed by atoms with E-state index in [0.717, 1.165) is 19.5 Å². The summed E-state index contributed by atoms with van der Waals surface area (Å²) in [5.74, 6) is 0.366. The quantitative estimate of drug-likeness (QED) is 0.135. The van der Waals surface area contributed by atoms with E-state index in [0.29, 0.717) is 19.5 Å². The Morgan fingerprint density at radius 2 is 2.23 bits per heavy atom. The molecule has 2 aliphatic rings. The van der Waals surface area contributed by atoms with Crippen molar-refractivity contribution in [3.63, 3.8) is 0 Å². The Kier molecular flexibility index (Phi) is 7.05. The molecule has 2 fully saturated rings. The molecule has 3 aromatic rings. The number of pyridine rings is 1. The maximum absolute atomic E-state index is 9.73. The Morgan fingerprint density at radius 1 is 1.40 bits per heavy atom. The van der Waals surface area contributed by atoms with Crippen molar-refractivity contribution in [3.05, 3.63) is 38.2 Å². The van der Waals surface area contributed by atoms with Gasteiger partial charge in [-0.3, -0.25) is 0 Å². The van der Waals surface area contributed by atoms with Crippen molar-refractivity contribution in [2.45, 2.75) is 44.4 Å². The van der Waals surface area contributed by atoms with Crippen LogP contribution < -0.4 is 15.1 Å². The lowest BCUT2D eigenvalue weighted by molar-refractivity contribution is -0.0855. The van der Waals surface area contributed by atoms with Gasteiger partial charge in [0.05, 0.1) is 18.4 Å². The molecule has 5 heterocycles. The van der Waals surface area contributed by atoms with Gasteiger partial charge in [-0.15, -0.1) is 5.10 Å². The first-order valence-electron chi connectivity index (χ1n) is 11.3. The van der Waals surface area contributed by atoms with Gasteiger partial charge >= 0.3 is 7.12 Å². The number of fused-ring (bicyclic) bond motifs is 2. The van der Waals surface area contributed by atoms with Crippen LogP contribution in [-0.2, 0) is 4.74 Å². The van der Waals surface area contributed by atoms with Gasteiger partial charge in [0.15, 0.2) is 0 Å². The van der Waals surface area contributed by atoms with E-state index in [-0.39, 0.29) is 48.0 Å². The predicted octanol–water partition coefficient (Wildman–Crippen LogP) is 1.95. The molecular formula is C20H24BIN8O4S. The number of aromatic nitrogens is 4. The highest BCUT2D eigenvalue weighted by Crippen LogP contribution is 2.37. The van der Waals surface area contributed by atoms with Gasteiger partial charge in [-0.25, -0.2) is 9.97 Å². The summed E-state index contributed by atoms with van der Waals surface area (Å²) in [7, 11) is -1.70. The molecule has 12 nitrogen and oxygen atoms in total. The normalized spacial score (nSPS) is 24.0. The van der Waals surface area contributed by atoms with Gasteiger partial charge in [0, 0.05) is 41.1 Å². The van der Waals surface area contributed by atoms with Crippen LogP contribution in [0.5, 0.6) is 5.88 Å². The highest BCUT2D eigenvalue weighted by Gasteiger charge is 2.45. The van der Waals surface area contributed by atoms with Gasteiger partial charge in [-0.05, 0) is 46.5 Å². The van der Waals surface area contributed by atoms with E-state index in [9.17, 15) is 15.6 Å². The molecule has 184 valence electrons. The summed E-state index contributed by atoms with van der Waals surface area (Å²) in [5.41, 5.74) is 10.2. The molecule has 4 atom stereocenters. The lowest BCUT2D eigenvalue weighted by Crippen LogP contribution is -2.45. The Balaban J connectivity index is 1.31. The van der Waals surface area contributed by atoms with E-state index in [1.54, 1.807) is 18.3 Å². The molecule has 0 amide bonds. The third-order valence-electron chi connectivity index (χ3n) is 6.37. The first-order chi connectivity index (χ1) is 16.8. The van der Waals surface area contributed by atoms with Crippen LogP contribution in [0.25, 0.3) is 15.4 Å². The molecular weight excluding hydrogens is 586 g/mol. The Hall–Kier alpha value is -2.17. The van der Waals surface area contributed by atoms with E-state index in [1.165, 1.54) is 11.3 Å². The van der Waals surface area contributed by atoms with E-state index in [1.807, 2.05) is 18.4 Å². The monoisotopic (exact) mass is 610 g/mol. The second-order valence-corrected chi connectivity index (χ2v) is 11.0. The summed E-state index contributed by atoms with van der Waals surface area (Å²) in [4.78, 5) is 14.9. The van der Waals surface area contributed by atoms with Crippen LogP contribution in [0.4, 0.5) is 5.13 Å². The zero-order chi connectivity index (χ0) is 24.7. The van der Waals surface area contributed by atoms with Crippen LogP contribution in [0.3, 0.4) is 0 Å². The molecule has 2 saturated heterocycles. The number of hydrogen-bond acceptors (Lipinski definition) is 10. The van der Waals surface area contributed by atoms with Crippen molar-refractivity contribution < 1.29 is 19.5 Å². The molecule has 0 aliphatic carbocycles. The maximum atomic E-state index is 9.73. The molecule has 15 heteroatoms. The first kappa shape index (κ1) is 24.5. The molecule has 0 saturated carbocycles. The molecule has 2 unspecified atom stereocenters. The minimum absolute atomic E-state index is 0.0367. The Labute approximate surface area is 219 Å². The van der Waals surface area contributed by atoms with E-state index in [2.05, 4.69) is 52.6 Å². The van der Waals surface area contributed by atoms with Gasteiger partial charge < -0.3 is 24.4 Å². The molecule has 0 spiro atoms. The number of nitrogens with zero attached hydrogens (tertiary/aromatic N) is 8. The summed E-state index contributed by atoms with van der Waals surface area (Å²) < 4.78 is 15.1. The average Bonchev–Trinajstić information content (AvgIpc) is 3.53. The second-order valence-electron chi connectivity index (χ2n) is 9.00. The van der Waals surface area contributed by atoms with Gasteiger partial charge in [0.2, 0.25) is 16.0 Å². The van der Waals surface area contributed by atoms with Crippen molar-refractivity contribution in [2.24, 2.45) is 11.0 Å². The minimum Gasteiger partial charge on any atom is -0.475 e. The summed E-state index contributed by atoms with van der Waals surface area (Å²) in [5, 5.41) is 29.1. The van der Waals surface area contributed by atoms with Crippen molar-refractivity contribution in [2.75, 3.05) is 24.6 Å². The Bertz CT molecular complexity index is 1270. The summed E-state index contributed by atoms with van der Waals surface area (Å²) >= 11 is 3.72. The van der Waals surface area contributed by atoms with Gasteiger partial charge in [-0.2, -0.15) is 4.52 Å². The maximum Gasteiger partial charge on any atom is 0.494 e. The fourth-order valence-corrected chi connectivity index (χ4v) is 6.11. The van der Waals surface area contributed by atoms with Crippen molar-refractivity contribution >= 4 is 56.6 Å². The first-order valence-corrected chi connectivity index (χ1v) is 13.2. The SMILES string of the molecule is CC(C)c1ccc(B(O)O)c(OCC2CC(N=[N+]=[N-])[C@H]3CN(c4nn5c(I)cnc5s4)C[C@@H]3O2)n1. The lowest BCUT2D eigenvalue weighted by atomic mass is 9.80. The van der Waals surface area contributed by atoms with E-state index >= 15 is 0 Å². The third-order valence-corrected chi connectivity index (χ3v) is 8.08. The third kappa shape index (κ3) is 4.93. The predicted molar refractivity (Wildman–Crippen MR) is 139 cm³/mol. The highest BCUT2D eigenvalue weighted by atomic mass is 127. The number of anilines is 1. The number of halogens is 1. The molecule has 0 radical (unpaired) electrons. The zero-order valence-corrected chi connectivity index (χ0v) is 22.1. The average molecular weight is 610 g/mol. The van der Waals surface area contributed by atoms with Crippen LogP contribution in [0.2, 0.25) is 0 Å². The highest BCUT2D eigenvalue weighted by molar-refractivity contribution is 14.1. The zero-order valence-electron chi connectivity index (χ0n) is 19.1. The van der Waals surface area contributed by atoms with Gasteiger partial charge in [0.1, 0.15) is 10.3 Å². The summed E-state index contributed by atoms with van der Waals surface area (Å²) in [6.45, 7) is 5.45. The van der Waals surface area contributed by atoms with Crippen LogP contribution in [0, 0.1) is 9.62 Å². The molecule has 2 N–H and O–H groups in total. The number of rotatable bonds is 7. The smallest absolute Gasteiger partial charge is 0.475 e. The standard InChI is InChI=1S/C20H24BIN8O4S/c1-10(2)14-4-3-13(21(31)32)18(25-14)33-9-11-5-15(26-28-23)12-7-29(8-16(12)34-11)20-27-30-17(22)6-24-19(30)35-20/h3-4,6,10-12,15-16,31-32H,5,7-9H2,1-2H3/t11?,12-,15?,16+/m1/s1. The fourth-order valence-electron chi connectivity index (χ4n) is 4.58. The number of azide groups is 1. The molecule has 0 bridgehead atoms. The molecule has 5 rings (SSSR count). The number of ether oxygens (including phenoxy) is 2. The second kappa shape index (κ2) is 10.1. The van der Waals surface area contributed by atoms with E-state index < -0.39 is 7.12 Å². The number of imidazole rings is 1. The molecule has 3 aromatic heterocycles. The van der Waals surface area contributed by atoms with Gasteiger partial charge in [-0.1, -0.05) is 36.4 Å². The molecule has 2 aliphatic heterocycles. The van der Waals surface area contributed by atoms with E-state index in [4.69, 9.17) is 9.47 Å².